The number of benzene rings is 2. The minimum atomic E-state index is -1.04. The number of pyridine rings is 1. The number of nitrogens with zero attached hydrogens (tertiary/aromatic N) is 1. The SMILES string of the molecule is CCOC(C)(C)C(=O)Oc1ccc(-c2nc3c(CC)cccc3cc2C(=O)OC)cc1. The van der Waals surface area contributed by atoms with Crippen LogP contribution in [0.4, 0.5) is 0 Å². The largest absolute Gasteiger partial charge is 0.465 e. The first-order chi connectivity index (χ1) is 14.8. The zero-order valence-electron chi connectivity index (χ0n) is 18.5. The summed E-state index contributed by atoms with van der Waals surface area (Å²) in [6.45, 7) is 7.63. The number of fused-ring (bicyclic) bond motifs is 1. The van der Waals surface area contributed by atoms with Gasteiger partial charge >= 0.3 is 11.9 Å². The van der Waals surface area contributed by atoms with Gasteiger partial charge in [-0.15, -0.1) is 0 Å². The lowest BCUT2D eigenvalue weighted by atomic mass is 10.0. The maximum Gasteiger partial charge on any atom is 0.343 e. The number of aryl methyl sites for hydroxylation is 1. The van der Waals surface area contributed by atoms with Crippen LogP contribution in [0.3, 0.4) is 0 Å². The standard InChI is InChI=1S/C25H27NO5/c1-6-16-9-8-10-18-15-20(23(27)29-5)22(26-21(16)18)17-11-13-19(14-12-17)31-24(28)25(3,4)30-7-2/h8-15H,6-7H2,1-5H3. The molecule has 3 aromatic rings. The molecule has 0 bridgehead atoms. The van der Waals surface area contributed by atoms with E-state index in [0.717, 1.165) is 28.5 Å². The van der Waals surface area contributed by atoms with E-state index in [1.165, 1.54) is 7.11 Å². The fourth-order valence-electron chi connectivity index (χ4n) is 3.36. The number of esters is 2. The lowest BCUT2D eigenvalue weighted by molar-refractivity contribution is -0.157. The van der Waals surface area contributed by atoms with Gasteiger partial charge in [-0.05, 0) is 63.1 Å². The van der Waals surface area contributed by atoms with Gasteiger partial charge in [0.05, 0.1) is 23.9 Å². The second-order valence-electron chi connectivity index (χ2n) is 7.58. The van der Waals surface area contributed by atoms with E-state index in [4.69, 9.17) is 19.2 Å². The Labute approximate surface area is 182 Å². The maximum absolute atomic E-state index is 12.4. The summed E-state index contributed by atoms with van der Waals surface area (Å²) in [7, 11) is 1.35. The van der Waals surface area contributed by atoms with Gasteiger partial charge in [0.2, 0.25) is 0 Å². The number of ether oxygens (including phenoxy) is 3. The van der Waals surface area contributed by atoms with E-state index in [0.29, 0.717) is 23.6 Å². The molecule has 1 heterocycles. The van der Waals surface area contributed by atoms with Crippen LogP contribution in [-0.2, 0) is 20.7 Å². The molecule has 0 fully saturated rings. The molecule has 0 saturated carbocycles. The summed E-state index contributed by atoms with van der Waals surface area (Å²) in [5.74, 6) is -0.551. The smallest absolute Gasteiger partial charge is 0.343 e. The van der Waals surface area contributed by atoms with Crippen LogP contribution in [0.1, 0.15) is 43.6 Å². The number of rotatable bonds is 7. The van der Waals surface area contributed by atoms with Gasteiger partial charge in [-0.3, -0.25) is 0 Å². The van der Waals surface area contributed by atoms with Gasteiger partial charge in [0.25, 0.3) is 0 Å². The van der Waals surface area contributed by atoms with Crippen molar-refractivity contribution in [1.82, 2.24) is 4.98 Å². The number of aromatic nitrogens is 1. The second-order valence-corrected chi connectivity index (χ2v) is 7.58. The van der Waals surface area contributed by atoms with Crippen molar-refractivity contribution in [2.75, 3.05) is 13.7 Å². The monoisotopic (exact) mass is 421 g/mol. The minimum Gasteiger partial charge on any atom is -0.465 e. The Hall–Kier alpha value is -3.25. The van der Waals surface area contributed by atoms with Crippen LogP contribution < -0.4 is 4.74 Å². The summed E-state index contributed by atoms with van der Waals surface area (Å²) >= 11 is 0. The third kappa shape index (κ3) is 4.75. The first-order valence-corrected chi connectivity index (χ1v) is 10.3. The first kappa shape index (κ1) is 22.4. The van der Waals surface area contributed by atoms with Gasteiger partial charge < -0.3 is 14.2 Å². The van der Waals surface area contributed by atoms with E-state index in [9.17, 15) is 9.59 Å². The highest BCUT2D eigenvalue weighted by molar-refractivity contribution is 6.01. The molecule has 2 aromatic carbocycles. The normalized spacial score (nSPS) is 11.4. The number of carbonyl (C=O) groups excluding carboxylic acids is 2. The van der Waals surface area contributed by atoms with E-state index < -0.39 is 17.5 Å². The quantitative estimate of drug-likeness (QED) is 0.396. The Bertz CT molecular complexity index is 1100. The Morgan fingerprint density at radius 3 is 2.35 bits per heavy atom. The fourth-order valence-corrected chi connectivity index (χ4v) is 3.36. The fraction of sp³-hybridized carbons (Fsp3) is 0.320. The third-order valence-electron chi connectivity index (χ3n) is 5.05. The molecule has 1 aromatic heterocycles. The number of methoxy groups -OCH3 is 1. The number of para-hydroxylation sites is 1. The van der Waals surface area contributed by atoms with Crippen molar-refractivity contribution in [3.63, 3.8) is 0 Å². The summed E-state index contributed by atoms with van der Waals surface area (Å²) in [4.78, 5) is 29.6. The minimum absolute atomic E-state index is 0.380. The molecule has 0 aliphatic carbocycles. The van der Waals surface area contributed by atoms with Crippen molar-refractivity contribution in [1.29, 1.82) is 0 Å². The molecule has 0 aliphatic rings. The van der Waals surface area contributed by atoms with Gasteiger partial charge in [-0.1, -0.05) is 25.1 Å². The average Bonchev–Trinajstić information content (AvgIpc) is 2.77. The van der Waals surface area contributed by atoms with Gasteiger partial charge in [-0.25, -0.2) is 14.6 Å². The average molecular weight is 421 g/mol. The zero-order valence-corrected chi connectivity index (χ0v) is 18.5. The molecule has 0 N–H and O–H groups in total. The third-order valence-corrected chi connectivity index (χ3v) is 5.05. The summed E-state index contributed by atoms with van der Waals surface area (Å²) in [5, 5.41) is 0.882. The molecule has 6 heteroatoms. The molecule has 0 radical (unpaired) electrons. The van der Waals surface area contributed by atoms with Crippen LogP contribution in [0.25, 0.3) is 22.2 Å². The molecule has 0 spiro atoms. The first-order valence-electron chi connectivity index (χ1n) is 10.3. The highest BCUT2D eigenvalue weighted by atomic mass is 16.6. The van der Waals surface area contributed by atoms with Crippen LogP contribution in [-0.4, -0.2) is 36.2 Å². The summed E-state index contributed by atoms with van der Waals surface area (Å²) in [6, 6.07) is 14.6. The Balaban J connectivity index is 2.00. The van der Waals surface area contributed by atoms with Crippen LogP contribution in [0.15, 0.2) is 48.5 Å². The molecule has 0 atom stereocenters. The van der Waals surface area contributed by atoms with E-state index in [1.807, 2.05) is 25.1 Å². The molecule has 31 heavy (non-hydrogen) atoms. The highest BCUT2D eigenvalue weighted by Gasteiger charge is 2.30. The lowest BCUT2D eigenvalue weighted by Gasteiger charge is -2.22. The predicted octanol–water partition coefficient (Wildman–Crippen LogP) is 4.97. The van der Waals surface area contributed by atoms with Crippen LogP contribution in [0, 0.1) is 0 Å². The summed E-state index contributed by atoms with van der Waals surface area (Å²) < 4.78 is 15.9. The molecule has 3 rings (SSSR count). The van der Waals surface area contributed by atoms with Gasteiger partial charge in [0.1, 0.15) is 5.75 Å². The van der Waals surface area contributed by atoms with Gasteiger partial charge in [0.15, 0.2) is 5.60 Å². The van der Waals surface area contributed by atoms with Gasteiger partial charge in [-0.2, -0.15) is 0 Å². The van der Waals surface area contributed by atoms with Crippen molar-refractivity contribution < 1.29 is 23.8 Å². The van der Waals surface area contributed by atoms with Crippen LogP contribution in [0.5, 0.6) is 5.75 Å². The molecule has 162 valence electrons. The van der Waals surface area contributed by atoms with Gasteiger partial charge in [0, 0.05) is 17.6 Å². The maximum atomic E-state index is 12.4. The van der Waals surface area contributed by atoms with Crippen LogP contribution in [0.2, 0.25) is 0 Å². The number of hydrogen-bond donors (Lipinski definition) is 0. The predicted molar refractivity (Wildman–Crippen MR) is 119 cm³/mol. The highest BCUT2D eigenvalue weighted by Crippen LogP contribution is 2.30. The topological polar surface area (TPSA) is 74.7 Å². The van der Waals surface area contributed by atoms with E-state index >= 15 is 0 Å². The second kappa shape index (κ2) is 9.27. The van der Waals surface area contributed by atoms with E-state index in [-0.39, 0.29) is 0 Å². The van der Waals surface area contributed by atoms with Crippen molar-refractivity contribution in [2.24, 2.45) is 0 Å². The van der Waals surface area contributed by atoms with Crippen molar-refractivity contribution >= 4 is 22.8 Å². The molecular formula is C25H27NO5. The van der Waals surface area contributed by atoms with E-state index in [1.54, 1.807) is 44.2 Å². The Kier molecular flexibility index (Phi) is 6.71. The van der Waals surface area contributed by atoms with Crippen molar-refractivity contribution in [2.45, 2.75) is 39.7 Å². The lowest BCUT2D eigenvalue weighted by Crippen LogP contribution is -2.38. The molecule has 0 aliphatic heterocycles. The molecule has 6 nitrogen and oxygen atoms in total. The summed E-state index contributed by atoms with van der Waals surface area (Å²) in [6.07, 6.45) is 0.825. The van der Waals surface area contributed by atoms with Crippen LogP contribution >= 0.6 is 0 Å². The molecular weight excluding hydrogens is 394 g/mol. The van der Waals surface area contributed by atoms with Crippen molar-refractivity contribution in [3.8, 4) is 17.0 Å². The molecule has 0 amide bonds. The van der Waals surface area contributed by atoms with Crippen molar-refractivity contribution in [3.05, 3.63) is 59.7 Å². The number of carbonyl (C=O) groups is 2. The zero-order chi connectivity index (χ0) is 22.6. The Morgan fingerprint density at radius 1 is 1.03 bits per heavy atom. The summed E-state index contributed by atoms with van der Waals surface area (Å²) in [5.41, 5.74) is 2.53. The number of hydrogen-bond acceptors (Lipinski definition) is 6. The Morgan fingerprint density at radius 2 is 1.74 bits per heavy atom. The van der Waals surface area contributed by atoms with E-state index in [2.05, 4.69) is 6.92 Å². The molecule has 0 saturated heterocycles. The molecule has 0 unspecified atom stereocenters.